The maximum absolute atomic E-state index is 10.6. The van der Waals surface area contributed by atoms with Gasteiger partial charge in [-0.2, -0.15) is 0 Å². The van der Waals surface area contributed by atoms with E-state index < -0.39 is 10.0 Å². The highest BCUT2D eigenvalue weighted by atomic mass is 35.7. The summed E-state index contributed by atoms with van der Waals surface area (Å²) in [4.78, 5) is 4.39. The summed E-state index contributed by atoms with van der Waals surface area (Å²) in [6, 6.07) is 1.75. The van der Waals surface area contributed by atoms with E-state index in [1.165, 1.54) is 6.20 Å². The molecule has 1 rings (SSSR count). The number of hydrogen-bond acceptors (Lipinski definition) is 2. The third-order valence-corrected chi connectivity index (χ3v) is 2.16. The van der Waals surface area contributed by atoms with Crippen LogP contribution in [0.15, 0.2) is 23.4 Å². The molecule has 0 bridgehead atoms. The summed E-state index contributed by atoms with van der Waals surface area (Å²) in [5.74, 6) is 0. The van der Waals surface area contributed by atoms with Crippen LogP contribution in [0.25, 0.3) is 0 Å². The lowest BCUT2D eigenvalue weighted by Gasteiger charge is -1.93. The lowest BCUT2D eigenvalue weighted by atomic mass is 10.3. The molecule has 4 heteroatoms. The fourth-order valence-electron chi connectivity index (χ4n) is 0.615. The van der Waals surface area contributed by atoms with Crippen molar-refractivity contribution >= 4 is 20.7 Å². The Morgan fingerprint density at radius 2 is 2.30 bits per heavy atom. The van der Waals surface area contributed by atoms with E-state index in [2.05, 4.69) is 4.98 Å². The number of aryl methyl sites for hydroxylation is 1. The van der Waals surface area contributed by atoms with Crippen LogP contribution in [0.4, 0.5) is 0 Å². The second kappa shape index (κ2) is 3.12. The molecule has 0 saturated carbocycles. The molecule has 0 aromatic carbocycles. The summed E-state index contributed by atoms with van der Waals surface area (Å²) < 4.78 is 10.6. The average Bonchev–Trinajstić information content (AvgIpc) is 1.88. The zero-order valence-corrected chi connectivity index (χ0v) is 6.95. The van der Waals surface area contributed by atoms with Crippen LogP contribution >= 0.6 is 10.7 Å². The summed E-state index contributed by atoms with van der Waals surface area (Å²) in [6.07, 6.45) is 3.18. The second-order valence-electron chi connectivity index (χ2n) is 1.92. The van der Waals surface area contributed by atoms with Crippen molar-refractivity contribution in [3.63, 3.8) is 0 Å². The minimum absolute atomic E-state index is 0.557. The van der Waals surface area contributed by atoms with E-state index >= 15 is 0 Å². The molecule has 1 unspecified atom stereocenters. The molecule has 0 amide bonds. The normalized spacial score (nSPS) is 13.0. The van der Waals surface area contributed by atoms with Crippen LogP contribution in [0.3, 0.4) is 0 Å². The standard InChI is InChI=1S/C6H6ClNOS/c1-5-2-6(10(7)9)4-8-3-5/h2-4H,1H3. The monoisotopic (exact) mass is 175 g/mol. The molecule has 0 aliphatic rings. The maximum atomic E-state index is 10.6. The highest BCUT2D eigenvalue weighted by Crippen LogP contribution is 2.08. The van der Waals surface area contributed by atoms with E-state index in [1.54, 1.807) is 12.3 Å². The first kappa shape index (κ1) is 7.69. The van der Waals surface area contributed by atoms with Crippen LogP contribution in [0.5, 0.6) is 0 Å². The van der Waals surface area contributed by atoms with E-state index in [1.807, 2.05) is 6.92 Å². The molecule has 0 aliphatic carbocycles. The summed E-state index contributed by atoms with van der Waals surface area (Å²) in [7, 11) is 3.88. The lowest BCUT2D eigenvalue weighted by Crippen LogP contribution is -1.84. The van der Waals surface area contributed by atoms with Crippen LogP contribution < -0.4 is 0 Å². The molecule has 1 heterocycles. The Labute approximate surface area is 66.2 Å². The molecule has 54 valence electrons. The first-order valence-electron chi connectivity index (χ1n) is 2.70. The Hall–Kier alpha value is -0.410. The largest absolute Gasteiger partial charge is 0.263 e. The first-order chi connectivity index (χ1) is 4.70. The molecule has 0 radical (unpaired) electrons. The topological polar surface area (TPSA) is 30.0 Å². The Kier molecular flexibility index (Phi) is 2.40. The van der Waals surface area contributed by atoms with Gasteiger partial charge in [-0.15, -0.1) is 0 Å². The van der Waals surface area contributed by atoms with Gasteiger partial charge in [0.2, 0.25) is 0 Å². The number of rotatable bonds is 1. The number of pyridine rings is 1. The summed E-state index contributed by atoms with van der Waals surface area (Å²) in [5.41, 5.74) is 0.964. The molecule has 0 spiro atoms. The molecule has 0 aliphatic heterocycles. The molecule has 2 nitrogen and oxygen atoms in total. The SMILES string of the molecule is Cc1cncc(S(=O)Cl)c1. The highest BCUT2D eigenvalue weighted by Gasteiger charge is 1.98. The quantitative estimate of drug-likeness (QED) is 0.608. The third-order valence-electron chi connectivity index (χ3n) is 1.04. The van der Waals surface area contributed by atoms with Gasteiger partial charge in [0.25, 0.3) is 0 Å². The Bertz CT molecular complexity index is 264. The number of aromatic nitrogens is 1. The van der Waals surface area contributed by atoms with E-state index in [0.29, 0.717) is 4.90 Å². The predicted molar refractivity (Wildman–Crippen MR) is 41.2 cm³/mol. The molecule has 1 atom stereocenters. The molecule has 0 N–H and O–H groups in total. The summed E-state index contributed by atoms with van der Waals surface area (Å²) in [5, 5.41) is 0. The number of hydrogen-bond donors (Lipinski definition) is 0. The van der Waals surface area contributed by atoms with Gasteiger partial charge in [0.15, 0.2) is 0 Å². The van der Waals surface area contributed by atoms with Gasteiger partial charge in [0.1, 0.15) is 10.0 Å². The van der Waals surface area contributed by atoms with E-state index in [4.69, 9.17) is 10.7 Å². The fourth-order valence-corrected chi connectivity index (χ4v) is 1.29. The Balaban J connectivity index is 3.07. The van der Waals surface area contributed by atoms with Crippen molar-refractivity contribution < 1.29 is 4.21 Å². The van der Waals surface area contributed by atoms with Crippen molar-refractivity contribution in [1.29, 1.82) is 0 Å². The maximum Gasteiger partial charge on any atom is 0.149 e. The van der Waals surface area contributed by atoms with Crippen molar-refractivity contribution in [2.45, 2.75) is 11.8 Å². The van der Waals surface area contributed by atoms with Crippen LogP contribution in [-0.4, -0.2) is 9.19 Å². The van der Waals surface area contributed by atoms with Gasteiger partial charge in [0, 0.05) is 12.4 Å². The van der Waals surface area contributed by atoms with Crippen molar-refractivity contribution in [2.24, 2.45) is 0 Å². The minimum atomic E-state index is -1.43. The smallest absolute Gasteiger partial charge is 0.149 e. The second-order valence-corrected chi connectivity index (χ2v) is 3.68. The van der Waals surface area contributed by atoms with Crippen LogP contribution in [0, 0.1) is 6.92 Å². The molecule has 0 fully saturated rings. The number of halogens is 1. The van der Waals surface area contributed by atoms with E-state index in [9.17, 15) is 4.21 Å². The predicted octanol–water partition coefficient (Wildman–Crippen LogP) is 1.65. The Morgan fingerprint density at radius 3 is 2.70 bits per heavy atom. The molecular formula is C6H6ClNOS. The molecule has 0 saturated heterocycles. The van der Waals surface area contributed by atoms with Gasteiger partial charge in [-0.3, -0.25) is 4.98 Å². The zero-order valence-electron chi connectivity index (χ0n) is 5.37. The van der Waals surface area contributed by atoms with Crippen LogP contribution in [0.2, 0.25) is 0 Å². The van der Waals surface area contributed by atoms with Gasteiger partial charge in [-0.25, -0.2) is 4.21 Å². The number of nitrogens with zero attached hydrogens (tertiary/aromatic N) is 1. The zero-order chi connectivity index (χ0) is 7.56. The van der Waals surface area contributed by atoms with Crippen molar-refractivity contribution in [3.8, 4) is 0 Å². The van der Waals surface area contributed by atoms with Gasteiger partial charge in [-0.1, -0.05) is 0 Å². The van der Waals surface area contributed by atoms with Gasteiger partial charge >= 0.3 is 0 Å². The van der Waals surface area contributed by atoms with Crippen LogP contribution in [-0.2, 0) is 10.0 Å². The van der Waals surface area contributed by atoms with Crippen molar-refractivity contribution in [3.05, 3.63) is 24.0 Å². The van der Waals surface area contributed by atoms with Crippen LogP contribution in [0.1, 0.15) is 5.56 Å². The Morgan fingerprint density at radius 1 is 1.60 bits per heavy atom. The molecule has 1 aromatic rings. The van der Waals surface area contributed by atoms with Crippen molar-refractivity contribution in [1.82, 2.24) is 4.98 Å². The van der Waals surface area contributed by atoms with Crippen molar-refractivity contribution in [2.75, 3.05) is 0 Å². The minimum Gasteiger partial charge on any atom is -0.263 e. The summed E-state index contributed by atoms with van der Waals surface area (Å²) >= 11 is 0. The molecule has 10 heavy (non-hydrogen) atoms. The van der Waals surface area contributed by atoms with Gasteiger partial charge in [0.05, 0.1) is 4.90 Å². The fraction of sp³-hybridized carbons (Fsp3) is 0.167. The van der Waals surface area contributed by atoms with E-state index in [-0.39, 0.29) is 0 Å². The highest BCUT2D eigenvalue weighted by molar-refractivity contribution is 8.08. The first-order valence-corrected chi connectivity index (χ1v) is 4.67. The van der Waals surface area contributed by atoms with E-state index in [0.717, 1.165) is 5.56 Å². The van der Waals surface area contributed by atoms with Gasteiger partial charge < -0.3 is 0 Å². The summed E-state index contributed by atoms with van der Waals surface area (Å²) in [6.45, 7) is 1.88. The third kappa shape index (κ3) is 1.78. The lowest BCUT2D eigenvalue weighted by molar-refractivity contribution is 0.691. The molecular weight excluding hydrogens is 170 g/mol. The average molecular weight is 176 g/mol. The van der Waals surface area contributed by atoms with Gasteiger partial charge in [-0.05, 0) is 29.2 Å². The molecule has 1 aromatic heterocycles.